The Hall–Kier alpha value is -1.41. The average molecular weight is 344 g/mol. The highest BCUT2D eigenvalue weighted by atomic mass is 35.5. The first-order valence-electron chi connectivity index (χ1n) is 5.95. The highest BCUT2D eigenvalue weighted by Gasteiger charge is 2.46. The molecule has 21 heavy (non-hydrogen) atoms. The van der Waals surface area contributed by atoms with Crippen molar-refractivity contribution in [2.24, 2.45) is 0 Å². The maximum absolute atomic E-state index is 12.4. The topological polar surface area (TPSA) is 71.5 Å². The molecule has 0 radical (unpaired) electrons. The molecule has 2 aromatic carbocycles. The zero-order valence-corrected chi connectivity index (χ0v) is 13.0. The van der Waals surface area contributed by atoms with Crippen LogP contribution in [-0.4, -0.2) is 20.5 Å². The van der Waals surface area contributed by atoms with Crippen LogP contribution in [0.2, 0.25) is 5.02 Å². The van der Waals surface area contributed by atoms with E-state index in [4.69, 9.17) is 11.6 Å². The molecule has 1 aliphatic rings. The summed E-state index contributed by atoms with van der Waals surface area (Å²) in [5.41, 5.74) is 0.502. The Morgan fingerprint density at radius 2 is 1.43 bits per heavy atom. The van der Waals surface area contributed by atoms with Crippen molar-refractivity contribution in [3.63, 3.8) is 0 Å². The molecule has 0 fully saturated rings. The van der Waals surface area contributed by atoms with E-state index in [1.807, 2.05) is 0 Å². The van der Waals surface area contributed by atoms with Gasteiger partial charge in [0.2, 0.25) is 0 Å². The Bertz CT molecular complexity index is 870. The van der Waals surface area contributed by atoms with Crippen LogP contribution in [0.4, 0.5) is 0 Å². The SMILES string of the molecule is O=S1(=O)c2ccccc2S(=O)(=O)N1Cc1cccc(Cl)c1. The van der Waals surface area contributed by atoms with Crippen LogP contribution in [-0.2, 0) is 26.6 Å². The minimum atomic E-state index is -4.06. The van der Waals surface area contributed by atoms with Crippen molar-refractivity contribution in [3.05, 3.63) is 59.1 Å². The second kappa shape index (κ2) is 4.81. The van der Waals surface area contributed by atoms with Gasteiger partial charge in [-0.25, -0.2) is 16.8 Å². The lowest BCUT2D eigenvalue weighted by atomic mass is 10.2. The zero-order valence-electron chi connectivity index (χ0n) is 10.6. The number of halogens is 1. The van der Waals surface area contributed by atoms with Gasteiger partial charge in [-0.15, -0.1) is 0 Å². The average Bonchev–Trinajstić information content (AvgIpc) is 2.58. The molecule has 0 saturated heterocycles. The van der Waals surface area contributed by atoms with Gasteiger partial charge < -0.3 is 0 Å². The molecule has 0 N–H and O–H groups in total. The molecule has 110 valence electrons. The van der Waals surface area contributed by atoms with Crippen molar-refractivity contribution < 1.29 is 16.8 Å². The Kier molecular flexibility index (Phi) is 3.32. The van der Waals surface area contributed by atoms with Crippen LogP contribution in [0.25, 0.3) is 0 Å². The summed E-state index contributed by atoms with van der Waals surface area (Å²) < 4.78 is 50.1. The predicted octanol–water partition coefficient (Wildman–Crippen LogP) is 2.23. The molecule has 5 nitrogen and oxygen atoms in total. The molecule has 3 rings (SSSR count). The first-order chi connectivity index (χ1) is 9.83. The van der Waals surface area contributed by atoms with E-state index >= 15 is 0 Å². The molecular formula is C13H10ClNO4S2. The maximum Gasteiger partial charge on any atom is 0.258 e. The van der Waals surface area contributed by atoms with Gasteiger partial charge in [0.25, 0.3) is 20.0 Å². The van der Waals surface area contributed by atoms with Crippen molar-refractivity contribution in [3.8, 4) is 0 Å². The van der Waals surface area contributed by atoms with Crippen molar-refractivity contribution in [2.75, 3.05) is 0 Å². The largest absolute Gasteiger partial charge is 0.258 e. The Labute approximate surface area is 127 Å². The number of nitrogens with zero attached hydrogens (tertiary/aromatic N) is 1. The van der Waals surface area contributed by atoms with Crippen molar-refractivity contribution in [1.29, 1.82) is 0 Å². The number of benzene rings is 2. The molecule has 1 aliphatic heterocycles. The van der Waals surface area contributed by atoms with Crippen LogP contribution in [0.15, 0.2) is 58.3 Å². The Morgan fingerprint density at radius 1 is 0.857 bits per heavy atom. The van der Waals surface area contributed by atoms with Crippen molar-refractivity contribution in [1.82, 2.24) is 3.71 Å². The van der Waals surface area contributed by atoms with Crippen LogP contribution >= 0.6 is 11.6 Å². The minimum absolute atomic E-state index is 0.188. The minimum Gasteiger partial charge on any atom is -0.206 e. The van der Waals surface area contributed by atoms with Gasteiger partial charge in [0.15, 0.2) is 0 Å². The van der Waals surface area contributed by atoms with Gasteiger partial charge in [0.1, 0.15) is 9.79 Å². The summed E-state index contributed by atoms with van der Waals surface area (Å²) in [4.78, 5) is -0.376. The van der Waals surface area contributed by atoms with Gasteiger partial charge in [-0.05, 0) is 29.8 Å². The van der Waals surface area contributed by atoms with E-state index in [2.05, 4.69) is 0 Å². The summed E-state index contributed by atoms with van der Waals surface area (Å²) in [5, 5.41) is 0.416. The number of hydrogen-bond acceptors (Lipinski definition) is 4. The van der Waals surface area contributed by atoms with E-state index in [0.29, 0.717) is 14.3 Å². The lowest BCUT2D eigenvalue weighted by molar-refractivity contribution is 0.506. The summed E-state index contributed by atoms with van der Waals surface area (Å²) in [7, 11) is -8.13. The molecule has 0 spiro atoms. The highest BCUT2D eigenvalue weighted by molar-refractivity contribution is 8.06. The second-order valence-corrected chi connectivity index (χ2v) is 8.85. The predicted molar refractivity (Wildman–Crippen MR) is 77.8 cm³/mol. The number of rotatable bonds is 2. The third-order valence-electron chi connectivity index (χ3n) is 3.14. The molecule has 0 aromatic heterocycles. The number of hydrogen-bond donors (Lipinski definition) is 0. The van der Waals surface area contributed by atoms with Gasteiger partial charge >= 0.3 is 0 Å². The molecule has 0 unspecified atom stereocenters. The van der Waals surface area contributed by atoms with Crippen molar-refractivity contribution in [2.45, 2.75) is 16.3 Å². The van der Waals surface area contributed by atoms with Crippen LogP contribution in [0.5, 0.6) is 0 Å². The summed E-state index contributed by atoms with van der Waals surface area (Å²) in [6.07, 6.45) is 0. The third kappa shape index (κ3) is 2.26. The standard InChI is InChI=1S/C13H10ClNO4S2/c14-11-5-3-4-10(8-11)9-15-20(16,17)12-6-1-2-7-13(12)21(15,18)19/h1-8H,9H2. The van der Waals surface area contributed by atoms with Gasteiger partial charge in [-0.1, -0.05) is 39.6 Å². The van der Waals surface area contributed by atoms with E-state index in [1.54, 1.807) is 18.2 Å². The van der Waals surface area contributed by atoms with Crippen LogP contribution < -0.4 is 0 Å². The molecule has 0 saturated carbocycles. The Balaban J connectivity index is 2.13. The summed E-state index contributed by atoms with van der Waals surface area (Å²) in [5.74, 6) is 0. The molecule has 0 bridgehead atoms. The quantitative estimate of drug-likeness (QED) is 0.838. The highest BCUT2D eigenvalue weighted by Crippen LogP contribution is 2.37. The molecule has 2 aromatic rings. The van der Waals surface area contributed by atoms with Crippen molar-refractivity contribution >= 4 is 31.6 Å². The number of sulfonamides is 2. The molecule has 1 heterocycles. The van der Waals surface area contributed by atoms with Gasteiger partial charge in [-0.2, -0.15) is 0 Å². The fourth-order valence-electron chi connectivity index (χ4n) is 2.18. The normalized spacial score (nSPS) is 19.3. The molecule has 0 atom stereocenters. The van der Waals surface area contributed by atoms with Crippen LogP contribution in [0.1, 0.15) is 5.56 Å². The Morgan fingerprint density at radius 3 is 1.95 bits per heavy atom. The summed E-state index contributed by atoms with van der Waals surface area (Å²) >= 11 is 5.84. The van der Waals surface area contributed by atoms with Crippen LogP contribution in [0, 0.1) is 0 Å². The lowest BCUT2D eigenvalue weighted by Gasteiger charge is -2.13. The maximum atomic E-state index is 12.4. The first-order valence-corrected chi connectivity index (χ1v) is 9.21. The monoisotopic (exact) mass is 343 g/mol. The number of fused-ring (bicyclic) bond motifs is 1. The zero-order chi connectivity index (χ0) is 15.3. The van der Waals surface area contributed by atoms with E-state index in [0.717, 1.165) is 0 Å². The van der Waals surface area contributed by atoms with Crippen LogP contribution in [0.3, 0.4) is 0 Å². The molecule has 8 heteroatoms. The fourth-order valence-corrected chi connectivity index (χ4v) is 6.76. The first kappa shape index (κ1) is 14.5. The third-order valence-corrected chi connectivity index (χ3v) is 7.84. The smallest absolute Gasteiger partial charge is 0.206 e. The van der Waals surface area contributed by atoms with Gasteiger partial charge in [0, 0.05) is 5.02 Å². The van der Waals surface area contributed by atoms with E-state index in [1.165, 1.54) is 30.3 Å². The molecular weight excluding hydrogens is 334 g/mol. The summed E-state index contributed by atoms with van der Waals surface area (Å²) in [6, 6.07) is 12.0. The van der Waals surface area contributed by atoms with E-state index in [-0.39, 0.29) is 16.3 Å². The second-order valence-electron chi connectivity index (χ2n) is 4.52. The van der Waals surface area contributed by atoms with E-state index in [9.17, 15) is 16.8 Å². The summed E-state index contributed by atoms with van der Waals surface area (Å²) in [6.45, 7) is -0.278. The molecule has 0 aliphatic carbocycles. The van der Waals surface area contributed by atoms with Gasteiger partial charge in [0.05, 0.1) is 6.54 Å². The lowest BCUT2D eigenvalue weighted by Crippen LogP contribution is -2.29. The van der Waals surface area contributed by atoms with Gasteiger partial charge in [-0.3, -0.25) is 0 Å². The fraction of sp³-hybridized carbons (Fsp3) is 0.0769. The molecule has 0 amide bonds. The van der Waals surface area contributed by atoms with E-state index < -0.39 is 20.0 Å².